The lowest BCUT2D eigenvalue weighted by atomic mass is 10.1. The summed E-state index contributed by atoms with van der Waals surface area (Å²) in [5.74, 6) is 0.920. The van der Waals surface area contributed by atoms with Gasteiger partial charge in [-0.2, -0.15) is 8.42 Å². The molecule has 1 aliphatic heterocycles. The van der Waals surface area contributed by atoms with Crippen LogP contribution in [0.5, 0.6) is 11.5 Å². The van der Waals surface area contributed by atoms with Crippen LogP contribution in [0.1, 0.15) is 57.9 Å². The Morgan fingerprint density at radius 2 is 1.81 bits per heavy atom. The molecule has 1 aliphatic rings. The van der Waals surface area contributed by atoms with Crippen LogP contribution in [0.3, 0.4) is 0 Å². The van der Waals surface area contributed by atoms with Crippen molar-refractivity contribution >= 4 is 61.9 Å². The third-order valence-corrected chi connectivity index (χ3v) is 9.53. The molecule has 0 spiro atoms. The zero-order valence-corrected chi connectivity index (χ0v) is 23.9. The number of carbonyl (C=O) groups excluding carboxylic acids is 1. The fourth-order valence-corrected chi connectivity index (χ4v) is 7.25. The molecule has 0 unspecified atom stereocenters. The quantitative estimate of drug-likeness (QED) is 0.194. The van der Waals surface area contributed by atoms with E-state index in [1.807, 2.05) is 12.1 Å². The first kappa shape index (κ1) is 28.6. The Kier molecular flexibility index (Phi) is 10.7. The van der Waals surface area contributed by atoms with Crippen molar-refractivity contribution in [1.29, 1.82) is 0 Å². The van der Waals surface area contributed by atoms with Crippen LogP contribution in [0.4, 0.5) is 0 Å². The highest BCUT2D eigenvalue weighted by Gasteiger charge is 2.34. The number of nitrogens with zero attached hydrogens (tertiary/aromatic N) is 2. The van der Waals surface area contributed by atoms with E-state index in [1.165, 1.54) is 42.7 Å². The van der Waals surface area contributed by atoms with Crippen LogP contribution in [-0.2, 0) is 14.8 Å². The van der Waals surface area contributed by atoms with Gasteiger partial charge in [0.2, 0.25) is 0 Å². The van der Waals surface area contributed by atoms with Gasteiger partial charge in [0.1, 0.15) is 4.21 Å². The standard InChI is InChI=1S/C25H31ClN2O5S3/c1-4-6-7-8-9-10-15-33-19-12-11-18(16-20(19)32-3)17-21-24(29)28(5-2)25(34-21)27-36(30,31)23-14-13-22(26)35-23/h11-14,16-17H,4-10,15H2,1-3H3. The number of thiophene rings is 1. The summed E-state index contributed by atoms with van der Waals surface area (Å²) >= 11 is 7.83. The van der Waals surface area contributed by atoms with Crippen molar-refractivity contribution in [3.05, 3.63) is 45.1 Å². The zero-order valence-electron chi connectivity index (χ0n) is 20.7. The summed E-state index contributed by atoms with van der Waals surface area (Å²) < 4.78 is 41.1. The van der Waals surface area contributed by atoms with Crippen molar-refractivity contribution in [2.45, 2.75) is 56.6 Å². The number of amidine groups is 1. The lowest BCUT2D eigenvalue weighted by Gasteiger charge is -2.12. The first-order chi connectivity index (χ1) is 17.3. The summed E-state index contributed by atoms with van der Waals surface area (Å²) in [6.45, 7) is 4.88. The van der Waals surface area contributed by atoms with Gasteiger partial charge >= 0.3 is 0 Å². The molecule has 36 heavy (non-hydrogen) atoms. The molecule has 0 aliphatic carbocycles. The fourth-order valence-electron chi connectivity index (χ4n) is 3.55. The number of unbranched alkanes of at least 4 members (excludes halogenated alkanes) is 5. The number of ether oxygens (including phenoxy) is 2. The number of sulfonamides is 1. The number of hydrogen-bond donors (Lipinski definition) is 0. The van der Waals surface area contributed by atoms with E-state index in [4.69, 9.17) is 21.1 Å². The second-order valence-electron chi connectivity index (χ2n) is 8.09. The van der Waals surface area contributed by atoms with Gasteiger partial charge < -0.3 is 9.47 Å². The zero-order chi connectivity index (χ0) is 26.1. The molecule has 0 saturated carbocycles. The molecule has 2 heterocycles. The molecule has 1 aromatic carbocycles. The van der Waals surface area contributed by atoms with Crippen molar-refractivity contribution in [3.63, 3.8) is 0 Å². The molecule has 1 amide bonds. The summed E-state index contributed by atoms with van der Waals surface area (Å²) in [5, 5.41) is 0.115. The molecule has 0 radical (unpaired) electrons. The van der Waals surface area contributed by atoms with E-state index in [9.17, 15) is 13.2 Å². The van der Waals surface area contributed by atoms with Crippen LogP contribution < -0.4 is 9.47 Å². The van der Waals surface area contributed by atoms with E-state index >= 15 is 0 Å². The Bertz CT molecular complexity index is 1220. The fraction of sp³-hybridized carbons (Fsp3) is 0.440. The minimum absolute atomic E-state index is 0.0304. The number of rotatable bonds is 13. The molecule has 1 aromatic heterocycles. The van der Waals surface area contributed by atoms with Gasteiger partial charge in [0, 0.05) is 6.54 Å². The van der Waals surface area contributed by atoms with Crippen molar-refractivity contribution in [2.75, 3.05) is 20.3 Å². The molecule has 2 aromatic rings. The first-order valence-electron chi connectivity index (χ1n) is 11.9. The molecule has 0 bridgehead atoms. The highest BCUT2D eigenvalue weighted by atomic mass is 35.5. The van der Waals surface area contributed by atoms with Gasteiger partial charge in [-0.1, -0.05) is 56.7 Å². The van der Waals surface area contributed by atoms with Gasteiger partial charge in [-0.15, -0.1) is 15.7 Å². The molecule has 3 rings (SSSR count). The molecular formula is C25H31ClN2O5S3. The summed E-state index contributed by atoms with van der Waals surface area (Å²) in [4.78, 5) is 14.7. The smallest absolute Gasteiger partial charge is 0.294 e. The average Bonchev–Trinajstić information content (AvgIpc) is 3.42. The number of amides is 1. The van der Waals surface area contributed by atoms with Crippen LogP contribution >= 0.6 is 34.7 Å². The Balaban J connectivity index is 1.72. The van der Waals surface area contributed by atoms with Crippen molar-refractivity contribution < 1.29 is 22.7 Å². The molecular weight excluding hydrogens is 540 g/mol. The second-order valence-corrected chi connectivity index (χ2v) is 12.6. The molecule has 0 N–H and O–H groups in total. The van der Waals surface area contributed by atoms with E-state index in [2.05, 4.69) is 11.3 Å². The van der Waals surface area contributed by atoms with Gasteiger partial charge in [-0.05, 0) is 61.0 Å². The minimum Gasteiger partial charge on any atom is -0.493 e. The largest absolute Gasteiger partial charge is 0.493 e. The Hall–Kier alpha value is -2.01. The van der Waals surface area contributed by atoms with Crippen LogP contribution in [0.25, 0.3) is 6.08 Å². The van der Waals surface area contributed by atoms with Gasteiger partial charge in [0.25, 0.3) is 15.9 Å². The number of halogens is 1. The van der Waals surface area contributed by atoms with E-state index < -0.39 is 10.0 Å². The Morgan fingerprint density at radius 1 is 1.06 bits per heavy atom. The maximum atomic E-state index is 13.0. The first-order valence-corrected chi connectivity index (χ1v) is 15.4. The predicted molar refractivity (Wildman–Crippen MR) is 149 cm³/mol. The van der Waals surface area contributed by atoms with Crippen LogP contribution in [0.15, 0.2) is 43.8 Å². The summed E-state index contributed by atoms with van der Waals surface area (Å²) in [6, 6.07) is 8.37. The molecule has 196 valence electrons. The number of hydrogen-bond acceptors (Lipinski definition) is 7. The average molecular weight is 571 g/mol. The molecule has 7 nitrogen and oxygen atoms in total. The van der Waals surface area contributed by atoms with E-state index in [1.54, 1.807) is 26.2 Å². The number of thioether (sulfide) groups is 1. The van der Waals surface area contributed by atoms with Gasteiger partial charge in [-0.3, -0.25) is 9.69 Å². The lowest BCUT2D eigenvalue weighted by Crippen LogP contribution is -2.29. The number of carbonyl (C=O) groups is 1. The third-order valence-electron chi connectivity index (χ3n) is 5.45. The highest BCUT2D eigenvalue weighted by molar-refractivity contribution is 8.19. The van der Waals surface area contributed by atoms with Crippen molar-refractivity contribution in [2.24, 2.45) is 4.40 Å². The number of methoxy groups -OCH3 is 1. The topological polar surface area (TPSA) is 85.3 Å². The lowest BCUT2D eigenvalue weighted by molar-refractivity contribution is -0.122. The van der Waals surface area contributed by atoms with E-state index in [0.29, 0.717) is 27.3 Å². The van der Waals surface area contributed by atoms with E-state index in [0.717, 1.165) is 41.5 Å². The SMILES string of the molecule is CCCCCCCCOc1ccc(C=C2SC(=NS(=O)(=O)c3ccc(Cl)s3)N(CC)C2=O)cc1OC. The molecule has 1 fully saturated rings. The third kappa shape index (κ3) is 7.50. The highest BCUT2D eigenvalue weighted by Crippen LogP contribution is 2.36. The molecule has 0 atom stereocenters. The van der Waals surface area contributed by atoms with Crippen LogP contribution in [0, 0.1) is 0 Å². The van der Waals surface area contributed by atoms with Crippen molar-refractivity contribution in [3.8, 4) is 11.5 Å². The van der Waals surface area contributed by atoms with Crippen LogP contribution in [-0.4, -0.2) is 44.7 Å². The maximum absolute atomic E-state index is 13.0. The van der Waals surface area contributed by atoms with Crippen LogP contribution in [0.2, 0.25) is 4.34 Å². The van der Waals surface area contributed by atoms with E-state index in [-0.39, 0.29) is 21.8 Å². The van der Waals surface area contributed by atoms with Gasteiger partial charge in [0.15, 0.2) is 16.7 Å². The normalized spacial score (nSPS) is 16.3. The maximum Gasteiger partial charge on any atom is 0.294 e. The summed E-state index contributed by atoms with van der Waals surface area (Å²) in [7, 11) is -2.40. The monoisotopic (exact) mass is 570 g/mol. The number of likely N-dealkylation sites (N-methyl/N-ethyl adjacent to an activating group) is 1. The van der Waals surface area contributed by atoms with Crippen molar-refractivity contribution in [1.82, 2.24) is 4.90 Å². The van der Waals surface area contributed by atoms with Gasteiger partial charge in [-0.25, -0.2) is 0 Å². The summed E-state index contributed by atoms with van der Waals surface area (Å²) in [6.07, 6.45) is 8.81. The second kappa shape index (κ2) is 13.5. The predicted octanol–water partition coefficient (Wildman–Crippen LogP) is 6.83. The molecule has 11 heteroatoms. The Labute approximate surface area is 226 Å². The molecule has 1 saturated heterocycles. The minimum atomic E-state index is -3.98. The number of benzene rings is 1. The summed E-state index contributed by atoms with van der Waals surface area (Å²) in [5.41, 5.74) is 0.736. The Morgan fingerprint density at radius 3 is 2.47 bits per heavy atom. The van der Waals surface area contributed by atoms with Gasteiger partial charge in [0.05, 0.1) is 23.0 Å².